The average Bonchev–Trinajstić information content (AvgIpc) is 2.56. The van der Waals surface area contributed by atoms with E-state index >= 15 is 0 Å². The molecule has 2 rings (SSSR count). The van der Waals surface area contributed by atoms with Crippen molar-refractivity contribution in [2.75, 3.05) is 13.7 Å². The Morgan fingerprint density at radius 3 is 2.40 bits per heavy atom. The highest BCUT2D eigenvalue weighted by atomic mass is 16.7. The first-order valence-electron chi connectivity index (χ1n) is 3.87. The standard InChI is InChI=1S/C8H14O2/c1-7(9-2)5-8(3-4-8)6-10-7/h3-6H2,1-2H3. The van der Waals surface area contributed by atoms with Crippen molar-refractivity contribution in [1.82, 2.24) is 0 Å². The number of methoxy groups -OCH3 is 1. The van der Waals surface area contributed by atoms with Crippen LogP contribution in [0, 0.1) is 5.41 Å². The van der Waals surface area contributed by atoms with E-state index in [9.17, 15) is 0 Å². The molecule has 0 bridgehead atoms. The van der Waals surface area contributed by atoms with Crippen LogP contribution in [0.5, 0.6) is 0 Å². The Labute approximate surface area is 61.5 Å². The molecule has 1 aliphatic heterocycles. The molecule has 1 unspecified atom stereocenters. The van der Waals surface area contributed by atoms with E-state index in [1.807, 2.05) is 6.92 Å². The summed E-state index contributed by atoms with van der Waals surface area (Å²) in [6, 6.07) is 0. The molecule has 1 atom stereocenters. The van der Waals surface area contributed by atoms with E-state index in [2.05, 4.69) is 0 Å². The summed E-state index contributed by atoms with van der Waals surface area (Å²) in [5.74, 6) is -0.267. The van der Waals surface area contributed by atoms with Crippen molar-refractivity contribution in [3.8, 4) is 0 Å². The Hall–Kier alpha value is -0.0800. The zero-order valence-corrected chi connectivity index (χ0v) is 6.64. The highest BCUT2D eigenvalue weighted by molar-refractivity contribution is 5.00. The van der Waals surface area contributed by atoms with Gasteiger partial charge in [0.05, 0.1) is 6.61 Å². The summed E-state index contributed by atoms with van der Waals surface area (Å²) in [7, 11) is 1.72. The van der Waals surface area contributed by atoms with E-state index < -0.39 is 0 Å². The molecule has 0 amide bonds. The molecule has 1 spiro atoms. The highest BCUT2D eigenvalue weighted by Crippen LogP contribution is 2.56. The highest BCUT2D eigenvalue weighted by Gasteiger charge is 2.54. The summed E-state index contributed by atoms with van der Waals surface area (Å²) in [4.78, 5) is 0. The number of hydrogen-bond acceptors (Lipinski definition) is 2. The molecular formula is C8H14O2. The first kappa shape index (κ1) is 6.62. The fraction of sp³-hybridized carbons (Fsp3) is 1.00. The van der Waals surface area contributed by atoms with E-state index in [1.165, 1.54) is 12.8 Å². The van der Waals surface area contributed by atoms with E-state index in [4.69, 9.17) is 9.47 Å². The van der Waals surface area contributed by atoms with Crippen LogP contribution in [0.1, 0.15) is 26.2 Å². The third-order valence-electron chi connectivity index (χ3n) is 2.77. The molecule has 2 heteroatoms. The van der Waals surface area contributed by atoms with E-state index in [-0.39, 0.29) is 5.79 Å². The van der Waals surface area contributed by atoms with Gasteiger partial charge < -0.3 is 9.47 Å². The van der Waals surface area contributed by atoms with Crippen molar-refractivity contribution in [3.63, 3.8) is 0 Å². The van der Waals surface area contributed by atoms with Gasteiger partial charge in [-0.3, -0.25) is 0 Å². The van der Waals surface area contributed by atoms with Crippen molar-refractivity contribution < 1.29 is 9.47 Å². The molecule has 2 nitrogen and oxygen atoms in total. The van der Waals surface area contributed by atoms with Gasteiger partial charge in [0, 0.05) is 13.5 Å². The molecule has 0 N–H and O–H groups in total. The van der Waals surface area contributed by atoms with E-state index in [0.717, 1.165) is 13.0 Å². The van der Waals surface area contributed by atoms with Crippen LogP contribution in [0.25, 0.3) is 0 Å². The molecule has 58 valence electrons. The minimum atomic E-state index is -0.267. The van der Waals surface area contributed by atoms with Crippen LogP contribution in [0.15, 0.2) is 0 Å². The van der Waals surface area contributed by atoms with Crippen LogP contribution in [0.2, 0.25) is 0 Å². The molecule has 0 radical (unpaired) electrons. The van der Waals surface area contributed by atoms with Gasteiger partial charge in [-0.2, -0.15) is 0 Å². The van der Waals surface area contributed by atoms with Gasteiger partial charge in [-0.25, -0.2) is 0 Å². The Kier molecular flexibility index (Phi) is 1.15. The second kappa shape index (κ2) is 1.74. The first-order chi connectivity index (χ1) is 4.68. The van der Waals surface area contributed by atoms with Crippen LogP contribution in [0.3, 0.4) is 0 Å². The zero-order chi connectivity index (χ0) is 7.24. The number of hydrogen-bond donors (Lipinski definition) is 0. The second-order valence-electron chi connectivity index (χ2n) is 3.80. The maximum Gasteiger partial charge on any atom is 0.165 e. The van der Waals surface area contributed by atoms with Crippen molar-refractivity contribution >= 4 is 0 Å². The summed E-state index contributed by atoms with van der Waals surface area (Å²) in [6.45, 7) is 2.94. The molecular weight excluding hydrogens is 128 g/mol. The monoisotopic (exact) mass is 142 g/mol. The minimum Gasteiger partial charge on any atom is -0.353 e. The van der Waals surface area contributed by atoms with Gasteiger partial charge in [-0.1, -0.05) is 0 Å². The normalized spacial score (nSPS) is 42.6. The minimum absolute atomic E-state index is 0.267. The van der Waals surface area contributed by atoms with Crippen molar-refractivity contribution in [1.29, 1.82) is 0 Å². The summed E-state index contributed by atoms with van der Waals surface area (Å²) in [5, 5.41) is 0. The van der Waals surface area contributed by atoms with Crippen molar-refractivity contribution in [2.45, 2.75) is 32.0 Å². The maximum absolute atomic E-state index is 5.55. The van der Waals surface area contributed by atoms with Crippen LogP contribution >= 0.6 is 0 Å². The molecule has 0 aromatic heterocycles. The summed E-state index contributed by atoms with van der Waals surface area (Å²) in [6.07, 6.45) is 3.77. The quantitative estimate of drug-likeness (QED) is 0.553. The van der Waals surface area contributed by atoms with Crippen LogP contribution in [-0.4, -0.2) is 19.5 Å². The van der Waals surface area contributed by atoms with Gasteiger partial charge in [0.2, 0.25) is 0 Å². The average molecular weight is 142 g/mol. The lowest BCUT2D eigenvalue weighted by Gasteiger charge is -2.20. The lowest BCUT2D eigenvalue weighted by atomic mass is 10.0. The third kappa shape index (κ3) is 0.867. The third-order valence-corrected chi connectivity index (χ3v) is 2.77. The van der Waals surface area contributed by atoms with Gasteiger partial charge in [-0.05, 0) is 25.2 Å². The zero-order valence-electron chi connectivity index (χ0n) is 6.64. The van der Waals surface area contributed by atoms with E-state index in [1.54, 1.807) is 7.11 Å². The predicted molar refractivity (Wildman–Crippen MR) is 37.6 cm³/mol. The van der Waals surface area contributed by atoms with Crippen molar-refractivity contribution in [3.05, 3.63) is 0 Å². The van der Waals surface area contributed by atoms with Crippen molar-refractivity contribution in [2.24, 2.45) is 5.41 Å². The molecule has 10 heavy (non-hydrogen) atoms. The van der Waals surface area contributed by atoms with Gasteiger partial charge in [0.1, 0.15) is 0 Å². The van der Waals surface area contributed by atoms with Gasteiger partial charge in [0.15, 0.2) is 5.79 Å². The molecule has 0 aromatic carbocycles. The molecule has 0 aromatic rings. The summed E-state index contributed by atoms with van der Waals surface area (Å²) >= 11 is 0. The predicted octanol–water partition coefficient (Wildman–Crippen LogP) is 1.55. The second-order valence-corrected chi connectivity index (χ2v) is 3.80. The summed E-state index contributed by atoms with van der Waals surface area (Å²) in [5.41, 5.74) is 0.532. The molecule has 1 aliphatic carbocycles. The van der Waals surface area contributed by atoms with Crippen LogP contribution in [0.4, 0.5) is 0 Å². The van der Waals surface area contributed by atoms with Gasteiger partial charge >= 0.3 is 0 Å². The van der Waals surface area contributed by atoms with Gasteiger partial charge in [-0.15, -0.1) is 0 Å². The topological polar surface area (TPSA) is 18.5 Å². The van der Waals surface area contributed by atoms with Gasteiger partial charge in [0.25, 0.3) is 0 Å². The Balaban J connectivity index is 2.04. The Morgan fingerprint density at radius 2 is 2.10 bits per heavy atom. The fourth-order valence-electron chi connectivity index (χ4n) is 1.72. The molecule has 1 saturated heterocycles. The fourth-order valence-corrected chi connectivity index (χ4v) is 1.72. The lowest BCUT2D eigenvalue weighted by molar-refractivity contribution is -0.178. The number of ether oxygens (including phenoxy) is 2. The molecule has 1 saturated carbocycles. The Bertz CT molecular complexity index is 151. The van der Waals surface area contributed by atoms with E-state index in [0.29, 0.717) is 5.41 Å². The SMILES string of the molecule is COC1(C)CC2(CC2)CO1. The lowest BCUT2D eigenvalue weighted by Crippen LogP contribution is -2.25. The smallest absolute Gasteiger partial charge is 0.165 e. The number of rotatable bonds is 1. The first-order valence-corrected chi connectivity index (χ1v) is 3.87. The molecule has 1 heterocycles. The largest absolute Gasteiger partial charge is 0.353 e. The maximum atomic E-state index is 5.55. The van der Waals surface area contributed by atoms with Crippen LogP contribution < -0.4 is 0 Å². The molecule has 2 fully saturated rings. The summed E-state index contributed by atoms with van der Waals surface area (Å²) < 4.78 is 10.8. The Morgan fingerprint density at radius 1 is 1.40 bits per heavy atom. The molecule has 2 aliphatic rings. The van der Waals surface area contributed by atoms with Crippen LogP contribution in [-0.2, 0) is 9.47 Å².